The molecular formula is C17H23N3O2S. The Labute approximate surface area is 141 Å². The lowest BCUT2D eigenvalue weighted by Gasteiger charge is -2.14. The van der Waals surface area contributed by atoms with Crippen molar-refractivity contribution in [1.29, 1.82) is 0 Å². The number of carbonyl (C=O) groups is 1. The van der Waals surface area contributed by atoms with E-state index in [-0.39, 0.29) is 12.1 Å². The van der Waals surface area contributed by atoms with Crippen LogP contribution in [-0.4, -0.2) is 17.1 Å². The molecule has 0 saturated heterocycles. The smallest absolute Gasteiger partial charge is 0.315 e. The van der Waals surface area contributed by atoms with Crippen molar-refractivity contribution in [2.45, 2.75) is 46.9 Å². The highest BCUT2D eigenvalue weighted by molar-refractivity contribution is 7.11. The molecule has 23 heavy (non-hydrogen) atoms. The van der Waals surface area contributed by atoms with Crippen molar-refractivity contribution in [1.82, 2.24) is 15.6 Å². The summed E-state index contributed by atoms with van der Waals surface area (Å²) in [5, 5.41) is 6.59. The van der Waals surface area contributed by atoms with Gasteiger partial charge in [-0.3, -0.25) is 0 Å². The van der Waals surface area contributed by atoms with Crippen molar-refractivity contribution in [3.05, 3.63) is 45.4 Å². The van der Waals surface area contributed by atoms with Crippen molar-refractivity contribution in [3.63, 3.8) is 0 Å². The van der Waals surface area contributed by atoms with Gasteiger partial charge in [0.15, 0.2) is 0 Å². The summed E-state index contributed by atoms with van der Waals surface area (Å²) >= 11 is 1.61. The van der Waals surface area contributed by atoms with Crippen LogP contribution >= 0.6 is 11.3 Å². The molecule has 6 heteroatoms. The number of aromatic nitrogens is 1. The van der Waals surface area contributed by atoms with E-state index in [1.165, 1.54) is 4.88 Å². The Kier molecular flexibility index (Phi) is 5.98. The van der Waals surface area contributed by atoms with Crippen molar-refractivity contribution in [2.75, 3.05) is 0 Å². The van der Waals surface area contributed by atoms with E-state index in [9.17, 15) is 4.79 Å². The fraction of sp³-hybridized carbons (Fsp3) is 0.412. The predicted octanol–water partition coefficient (Wildman–Crippen LogP) is 3.55. The Morgan fingerprint density at radius 3 is 2.57 bits per heavy atom. The van der Waals surface area contributed by atoms with Gasteiger partial charge in [-0.05, 0) is 33.8 Å². The molecule has 0 atom stereocenters. The van der Waals surface area contributed by atoms with Gasteiger partial charge < -0.3 is 15.4 Å². The van der Waals surface area contributed by atoms with E-state index in [4.69, 9.17) is 4.74 Å². The summed E-state index contributed by atoms with van der Waals surface area (Å²) in [6.45, 7) is 8.83. The van der Waals surface area contributed by atoms with Gasteiger partial charge in [-0.25, -0.2) is 9.78 Å². The Hall–Kier alpha value is -2.08. The van der Waals surface area contributed by atoms with Gasteiger partial charge in [0.05, 0.1) is 18.3 Å². The molecule has 0 saturated carbocycles. The number of aryl methyl sites for hydroxylation is 2. The van der Waals surface area contributed by atoms with Crippen LogP contribution in [0.4, 0.5) is 4.79 Å². The van der Waals surface area contributed by atoms with E-state index in [1.807, 2.05) is 52.0 Å². The Morgan fingerprint density at radius 1 is 1.22 bits per heavy atom. The minimum atomic E-state index is -0.213. The fourth-order valence-corrected chi connectivity index (χ4v) is 2.90. The van der Waals surface area contributed by atoms with Crippen LogP contribution in [0.15, 0.2) is 24.3 Å². The molecule has 1 heterocycles. The molecule has 1 aromatic carbocycles. The summed E-state index contributed by atoms with van der Waals surface area (Å²) in [5.74, 6) is 0.800. The standard InChI is InChI=1S/C17H23N3O2S/c1-11(2)22-15-8-6-5-7-14(15)9-18-17(21)19-10-16-20-12(3)13(4)23-16/h5-8,11H,9-10H2,1-4H3,(H2,18,19,21). The summed E-state index contributed by atoms with van der Waals surface area (Å²) in [7, 11) is 0. The first kappa shape index (κ1) is 17.3. The van der Waals surface area contributed by atoms with Crippen LogP contribution in [0.1, 0.15) is 35.0 Å². The number of benzene rings is 1. The minimum absolute atomic E-state index is 0.0985. The Bertz CT molecular complexity index is 648. The van der Waals surface area contributed by atoms with Gasteiger partial charge in [-0.1, -0.05) is 18.2 Å². The number of hydrogen-bond donors (Lipinski definition) is 2. The second kappa shape index (κ2) is 7.97. The number of thiazole rings is 1. The normalized spacial score (nSPS) is 10.7. The van der Waals surface area contributed by atoms with Gasteiger partial charge in [0.2, 0.25) is 0 Å². The highest BCUT2D eigenvalue weighted by atomic mass is 32.1. The van der Waals surface area contributed by atoms with Gasteiger partial charge >= 0.3 is 6.03 Å². The molecule has 0 aliphatic carbocycles. The van der Waals surface area contributed by atoms with Crippen molar-refractivity contribution < 1.29 is 9.53 Å². The maximum absolute atomic E-state index is 11.9. The summed E-state index contributed by atoms with van der Waals surface area (Å²) in [6.07, 6.45) is 0.0985. The third kappa shape index (κ3) is 5.25. The van der Waals surface area contributed by atoms with Gasteiger partial charge in [0.25, 0.3) is 0 Å². The zero-order chi connectivity index (χ0) is 16.8. The van der Waals surface area contributed by atoms with Gasteiger partial charge in [-0.2, -0.15) is 0 Å². The van der Waals surface area contributed by atoms with Crippen LogP contribution in [0.25, 0.3) is 0 Å². The van der Waals surface area contributed by atoms with Gasteiger partial charge in [-0.15, -0.1) is 11.3 Å². The number of ether oxygens (including phenoxy) is 1. The van der Waals surface area contributed by atoms with Crippen LogP contribution in [0, 0.1) is 13.8 Å². The molecule has 0 aliphatic heterocycles. The molecule has 5 nitrogen and oxygen atoms in total. The molecule has 0 radical (unpaired) electrons. The van der Waals surface area contributed by atoms with Crippen molar-refractivity contribution >= 4 is 17.4 Å². The average Bonchev–Trinajstić information content (AvgIpc) is 2.82. The number of nitrogens with one attached hydrogen (secondary N) is 2. The zero-order valence-electron chi connectivity index (χ0n) is 14.0. The van der Waals surface area contributed by atoms with E-state index < -0.39 is 0 Å². The summed E-state index contributed by atoms with van der Waals surface area (Å²) in [6, 6.07) is 7.51. The Morgan fingerprint density at radius 2 is 1.91 bits per heavy atom. The van der Waals surface area contributed by atoms with E-state index in [1.54, 1.807) is 11.3 Å². The summed E-state index contributed by atoms with van der Waals surface area (Å²) in [4.78, 5) is 17.5. The SMILES string of the molecule is Cc1nc(CNC(=O)NCc2ccccc2OC(C)C)sc1C. The Balaban J connectivity index is 1.84. The average molecular weight is 333 g/mol. The molecule has 0 fully saturated rings. The van der Waals surface area contributed by atoms with Crippen molar-refractivity contribution in [2.24, 2.45) is 0 Å². The maximum Gasteiger partial charge on any atom is 0.315 e. The first-order valence-corrected chi connectivity index (χ1v) is 8.46. The maximum atomic E-state index is 11.9. The molecule has 0 unspecified atom stereocenters. The first-order chi connectivity index (χ1) is 11.0. The zero-order valence-corrected chi connectivity index (χ0v) is 14.8. The lowest BCUT2D eigenvalue weighted by molar-refractivity contribution is 0.235. The minimum Gasteiger partial charge on any atom is -0.491 e. The van der Waals surface area contributed by atoms with Crippen LogP contribution in [0.2, 0.25) is 0 Å². The molecule has 124 valence electrons. The van der Waals surface area contributed by atoms with Crippen LogP contribution in [0.3, 0.4) is 0 Å². The lowest BCUT2D eigenvalue weighted by Crippen LogP contribution is -2.34. The molecule has 0 aliphatic rings. The second-order valence-electron chi connectivity index (χ2n) is 5.56. The summed E-state index contributed by atoms with van der Waals surface area (Å²) in [5.41, 5.74) is 1.98. The van der Waals surface area contributed by atoms with Gasteiger partial charge in [0, 0.05) is 17.0 Å². The third-order valence-corrected chi connectivity index (χ3v) is 4.32. The van der Waals surface area contributed by atoms with Crippen LogP contribution in [-0.2, 0) is 13.1 Å². The van der Waals surface area contributed by atoms with E-state index in [2.05, 4.69) is 15.6 Å². The van der Waals surface area contributed by atoms with E-state index >= 15 is 0 Å². The number of para-hydroxylation sites is 1. The number of nitrogens with zero attached hydrogens (tertiary/aromatic N) is 1. The summed E-state index contributed by atoms with van der Waals surface area (Å²) < 4.78 is 5.74. The highest BCUT2D eigenvalue weighted by Crippen LogP contribution is 2.19. The van der Waals surface area contributed by atoms with E-state index in [0.717, 1.165) is 22.0 Å². The first-order valence-electron chi connectivity index (χ1n) is 7.65. The number of rotatable bonds is 6. The third-order valence-electron chi connectivity index (χ3n) is 3.25. The van der Waals surface area contributed by atoms with Crippen LogP contribution in [0.5, 0.6) is 5.75 Å². The van der Waals surface area contributed by atoms with Gasteiger partial charge in [0.1, 0.15) is 10.8 Å². The molecule has 2 aromatic rings. The second-order valence-corrected chi connectivity index (χ2v) is 6.85. The number of urea groups is 1. The molecule has 0 bridgehead atoms. The number of amides is 2. The van der Waals surface area contributed by atoms with Crippen LogP contribution < -0.4 is 15.4 Å². The molecule has 2 amide bonds. The number of hydrogen-bond acceptors (Lipinski definition) is 4. The molecule has 2 N–H and O–H groups in total. The monoisotopic (exact) mass is 333 g/mol. The lowest BCUT2D eigenvalue weighted by atomic mass is 10.2. The number of carbonyl (C=O) groups excluding carboxylic acids is 1. The van der Waals surface area contributed by atoms with Crippen molar-refractivity contribution in [3.8, 4) is 5.75 Å². The quantitative estimate of drug-likeness (QED) is 0.850. The predicted molar refractivity (Wildman–Crippen MR) is 92.9 cm³/mol. The fourth-order valence-electron chi connectivity index (χ4n) is 2.03. The largest absolute Gasteiger partial charge is 0.491 e. The molecule has 2 rings (SSSR count). The van der Waals surface area contributed by atoms with E-state index in [0.29, 0.717) is 13.1 Å². The molecular weight excluding hydrogens is 310 g/mol. The molecule has 0 spiro atoms. The topological polar surface area (TPSA) is 63.2 Å². The molecule has 1 aromatic heterocycles. The highest BCUT2D eigenvalue weighted by Gasteiger charge is 2.08.